The summed E-state index contributed by atoms with van der Waals surface area (Å²) in [5, 5.41) is 19.8. The molecule has 244 valence electrons. The largest absolute Gasteiger partial charge is 0.491 e. The van der Waals surface area contributed by atoms with Gasteiger partial charge in [0, 0.05) is 38.4 Å². The molecule has 6 aromatic rings. The summed E-state index contributed by atoms with van der Waals surface area (Å²) in [6.45, 7) is 5.68. The molecule has 1 aromatic heterocycles. The third-order valence-electron chi connectivity index (χ3n) is 9.13. The van der Waals surface area contributed by atoms with Gasteiger partial charge in [0.2, 0.25) is 5.62 Å². The molecule has 0 aliphatic carbocycles. The number of piperazine rings is 1. The van der Waals surface area contributed by atoms with Gasteiger partial charge < -0.3 is 23.9 Å². The lowest BCUT2D eigenvalue weighted by Gasteiger charge is -2.36. The van der Waals surface area contributed by atoms with Crippen molar-refractivity contribution in [1.29, 1.82) is 5.41 Å². The van der Waals surface area contributed by atoms with Crippen LogP contribution in [0.4, 0.5) is 10.1 Å². The predicted octanol–water partition coefficient (Wildman–Crippen LogP) is 6.54. The smallest absolute Gasteiger partial charge is 0.203 e. The Morgan fingerprint density at radius 3 is 2.06 bits per heavy atom. The van der Waals surface area contributed by atoms with Gasteiger partial charge in [-0.15, -0.1) is 0 Å². The van der Waals surface area contributed by atoms with Crippen molar-refractivity contribution in [3.8, 4) is 16.9 Å². The van der Waals surface area contributed by atoms with Gasteiger partial charge >= 0.3 is 0 Å². The molecule has 1 fully saturated rings. The Balaban J connectivity index is 0.982. The first kappa shape index (κ1) is 31.4. The Morgan fingerprint density at radius 1 is 0.688 bits per heavy atom. The molecular weight excluding hydrogens is 601 g/mol. The van der Waals surface area contributed by atoms with Gasteiger partial charge in [-0.3, -0.25) is 10.3 Å². The Hall–Kier alpha value is -5.18. The van der Waals surface area contributed by atoms with Crippen molar-refractivity contribution in [3.63, 3.8) is 0 Å². The SMILES string of the molecule is N=c1n(Cc2ccc(N3CCN(Cc4ccccc4-c4ccccc4)CC3)cc2)c2ccccc2n1CC(O)COc1ccc(F)cc1. The van der Waals surface area contributed by atoms with Crippen molar-refractivity contribution < 1.29 is 14.2 Å². The third kappa shape index (κ3) is 7.05. The summed E-state index contributed by atoms with van der Waals surface area (Å²) >= 11 is 0. The van der Waals surface area contributed by atoms with Crippen LogP contribution in [0.15, 0.2) is 127 Å². The van der Waals surface area contributed by atoms with E-state index in [1.165, 1.54) is 46.6 Å². The number of aliphatic hydroxyl groups excluding tert-OH is 1. The van der Waals surface area contributed by atoms with Crippen LogP contribution in [0.25, 0.3) is 22.2 Å². The Labute approximate surface area is 280 Å². The van der Waals surface area contributed by atoms with Crippen molar-refractivity contribution in [2.24, 2.45) is 0 Å². The maximum atomic E-state index is 13.2. The Bertz CT molecular complexity index is 2010. The first-order valence-corrected chi connectivity index (χ1v) is 16.5. The molecule has 0 spiro atoms. The highest BCUT2D eigenvalue weighted by Gasteiger charge is 2.19. The van der Waals surface area contributed by atoms with Crippen LogP contribution in [0.2, 0.25) is 0 Å². The molecule has 7 rings (SSSR count). The molecule has 1 aliphatic heterocycles. The second kappa shape index (κ2) is 14.3. The standard InChI is InChI=1S/C40H40FN5O2/c41-33-16-20-36(21-17-33)48-29-35(47)28-46-39-13-7-6-12-38(39)45(40(46)42)26-30-14-18-34(19-15-30)44-24-22-43(23-25-44)27-32-10-4-5-11-37(32)31-8-2-1-3-9-31/h1-21,35,42,47H,22-29H2. The fourth-order valence-corrected chi connectivity index (χ4v) is 6.58. The number of anilines is 1. The van der Waals surface area contributed by atoms with E-state index >= 15 is 0 Å². The molecule has 5 aromatic carbocycles. The summed E-state index contributed by atoms with van der Waals surface area (Å²) in [5.41, 5.74) is 8.38. The van der Waals surface area contributed by atoms with Gasteiger partial charge in [-0.05, 0) is 70.8 Å². The maximum Gasteiger partial charge on any atom is 0.203 e. The molecular formula is C40H40FN5O2. The van der Waals surface area contributed by atoms with Crippen LogP contribution in [-0.2, 0) is 19.6 Å². The van der Waals surface area contributed by atoms with Crippen LogP contribution in [-0.4, -0.2) is 58.0 Å². The predicted molar refractivity (Wildman–Crippen MR) is 189 cm³/mol. The van der Waals surface area contributed by atoms with E-state index in [0.717, 1.165) is 49.3 Å². The van der Waals surface area contributed by atoms with E-state index < -0.39 is 6.10 Å². The molecule has 8 heteroatoms. The van der Waals surface area contributed by atoms with Crippen LogP contribution in [0.1, 0.15) is 11.1 Å². The zero-order valence-corrected chi connectivity index (χ0v) is 26.9. The Morgan fingerprint density at radius 2 is 1.33 bits per heavy atom. The van der Waals surface area contributed by atoms with E-state index in [1.54, 1.807) is 0 Å². The number of nitrogens with zero attached hydrogens (tertiary/aromatic N) is 4. The number of para-hydroxylation sites is 2. The third-order valence-corrected chi connectivity index (χ3v) is 9.13. The van der Waals surface area contributed by atoms with Crippen LogP contribution < -0.4 is 15.3 Å². The molecule has 2 heterocycles. The minimum Gasteiger partial charge on any atom is -0.491 e. The summed E-state index contributed by atoms with van der Waals surface area (Å²) in [4.78, 5) is 4.99. The number of rotatable bonds is 11. The van der Waals surface area contributed by atoms with Crippen molar-refractivity contribution in [3.05, 3.63) is 150 Å². The number of aromatic nitrogens is 2. The van der Waals surface area contributed by atoms with E-state index in [2.05, 4.69) is 88.7 Å². The highest BCUT2D eigenvalue weighted by molar-refractivity contribution is 5.76. The minimum absolute atomic E-state index is 0.0360. The van der Waals surface area contributed by atoms with Crippen molar-refractivity contribution in [1.82, 2.24) is 14.0 Å². The first-order valence-electron chi connectivity index (χ1n) is 16.5. The number of aliphatic hydroxyl groups is 1. The Kier molecular flexibility index (Phi) is 9.36. The molecule has 1 saturated heterocycles. The van der Waals surface area contributed by atoms with Gasteiger partial charge in [-0.2, -0.15) is 0 Å². The molecule has 0 radical (unpaired) electrons. The van der Waals surface area contributed by atoms with Gasteiger partial charge in [0.15, 0.2) is 0 Å². The second-order valence-electron chi connectivity index (χ2n) is 12.4. The van der Waals surface area contributed by atoms with Crippen molar-refractivity contribution in [2.45, 2.75) is 25.7 Å². The van der Waals surface area contributed by atoms with Crippen molar-refractivity contribution >= 4 is 16.7 Å². The van der Waals surface area contributed by atoms with E-state index in [1.807, 2.05) is 33.4 Å². The minimum atomic E-state index is -0.846. The van der Waals surface area contributed by atoms with Crippen LogP contribution in [0.5, 0.6) is 5.75 Å². The number of hydrogen-bond acceptors (Lipinski definition) is 5. The average Bonchev–Trinajstić information content (AvgIpc) is 3.38. The number of hydrogen-bond donors (Lipinski definition) is 2. The summed E-state index contributed by atoms with van der Waals surface area (Å²) in [6, 6.07) is 41.7. The number of benzene rings is 5. The molecule has 1 unspecified atom stereocenters. The van der Waals surface area contributed by atoms with Gasteiger partial charge in [0.1, 0.15) is 24.3 Å². The van der Waals surface area contributed by atoms with E-state index in [-0.39, 0.29) is 19.0 Å². The van der Waals surface area contributed by atoms with Crippen LogP contribution in [0.3, 0.4) is 0 Å². The lowest BCUT2D eigenvalue weighted by Crippen LogP contribution is -2.46. The van der Waals surface area contributed by atoms with Gasteiger partial charge in [-0.25, -0.2) is 4.39 Å². The number of ether oxygens (including phenoxy) is 1. The highest BCUT2D eigenvalue weighted by atomic mass is 19.1. The summed E-state index contributed by atoms with van der Waals surface area (Å²) in [6.07, 6.45) is -0.846. The molecule has 2 N–H and O–H groups in total. The molecule has 1 aliphatic rings. The number of fused-ring (bicyclic) bond motifs is 1. The van der Waals surface area contributed by atoms with Gasteiger partial charge in [0.05, 0.1) is 24.1 Å². The van der Waals surface area contributed by atoms with Crippen LogP contribution >= 0.6 is 0 Å². The lowest BCUT2D eigenvalue weighted by molar-refractivity contribution is 0.0921. The van der Waals surface area contributed by atoms with E-state index in [9.17, 15) is 9.50 Å². The molecule has 0 bridgehead atoms. The highest BCUT2D eigenvalue weighted by Crippen LogP contribution is 2.26. The number of imidazole rings is 1. The molecule has 0 amide bonds. The zero-order chi connectivity index (χ0) is 32.9. The van der Waals surface area contributed by atoms with Crippen LogP contribution in [0, 0.1) is 11.2 Å². The maximum absolute atomic E-state index is 13.2. The molecule has 7 nitrogen and oxygen atoms in total. The summed E-state index contributed by atoms with van der Waals surface area (Å²) < 4.78 is 22.7. The topological polar surface area (TPSA) is 69.7 Å². The van der Waals surface area contributed by atoms with E-state index in [4.69, 9.17) is 10.1 Å². The van der Waals surface area contributed by atoms with Gasteiger partial charge in [0.25, 0.3) is 0 Å². The average molecular weight is 642 g/mol. The quantitative estimate of drug-likeness (QED) is 0.169. The molecule has 0 saturated carbocycles. The molecule has 48 heavy (non-hydrogen) atoms. The zero-order valence-electron chi connectivity index (χ0n) is 26.9. The fraction of sp³-hybridized carbons (Fsp3) is 0.225. The number of halogens is 1. The second-order valence-corrected chi connectivity index (χ2v) is 12.4. The first-order chi connectivity index (χ1) is 23.5. The fourth-order valence-electron chi connectivity index (χ4n) is 6.58. The normalized spacial score (nSPS) is 14.3. The summed E-state index contributed by atoms with van der Waals surface area (Å²) in [7, 11) is 0. The lowest BCUT2D eigenvalue weighted by atomic mass is 9.99. The van der Waals surface area contributed by atoms with Crippen molar-refractivity contribution in [2.75, 3.05) is 37.7 Å². The van der Waals surface area contributed by atoms with Gasteiger partial charge in [-0.1, -0.05) is 78.9 Å². The number of nitrogens with one attached hydrogen (secondary N) is 1. The monoisotopic (exact) mass is 641 g/mol. The summed E-state index contributed by atoms with van der Waals surface area (Å²) in [5.74, 6) is 0.152. The molecule has 1 atom stereocenters. The van der Waals surface area contributed by atoms with E-state index in [0.29, 0.717) is 17.9 Å².